The van der Waals surface area contributed by atoms with E-state index in [-0.39, 0.29) is 18.6 Å². The number of carboxylic acid groups (broad SMARTS) is 1. The summed E-state index contributed by atoms with van der Waals surface area (Å²) >= 11 is 3.21. The number of aliphatic hydroxyl groups is 1. The van der Waals surface area contributed by atoms with Crippen LogP contribution in [0.5, 0.6) is 5.75 Å². The summed E-state index contributed by atoms with van der Waals surface area (Å²) in [6.45, 7) is -0.323. The molecule has 0 aliphatic heterocycles. The maximum atomic E-state index is 12.0. The molecular formula is C12H14BrNO5. The highest BCUT2D eigenvalue weighted by molar-refractivity contribution is 9.10. The van der Waals surface area contributed by atoms with Crippen LogP contribution in [0.1, 0.15) is 16.8 Å². The first-order chi connectivity index (χ1) is 8.99. The standard InChI is InChI=1S/C12H14BrNO5/c1-19-7-2-3-9(13)8(6-7)11(16)14-10(4-5-15)12(17)18/h2-3,6,10,15H,4-5H2,1H3,(H,14,16)(H,17,18)/t10-/m1/s1. The van der Waals surface area contributed by atoms with Crippen molar-refractivity contribution < 1.29 is 24.5 Å². The van der Waals surface area contributed by atoms with E-state index in [0.717, 1.165) is 0 Å². The number of carbonyl (C=O) groups is 2. The van der Waals surface area contributed by atoms with Crippen LogP contribution in [-0.4, -0.2) is 41.8 Å². The van der Waals surface area contributed by atoms with Crippen molar-refractivity contribution in [1.29, 1.82) is 0 Å². The number of carboxylic acids is 1. The molecule has 0 radical (unpaired) electrons. The third-order valence-corrected chi connectivity index (χ3v) is 3.13. The highest BCUT2D eigenvalue weighted by Gasteiger charge is 2.21. The Labute approximate surface area is 118 Å². The molecule has 1 amide bonds. The second kappa shape index (κ2) is 7.10. The topological polar surface area (TPSA) is 95.9 Å². The van der Waals surface area contributed by atoms with Crippen molar-refractivity contribution in [3.8, 4) is 5.75 Å². The number of aliphatic carboxylic acids is 1. The van der Waals surface area contributed by atoms with E-state index in [4.69, 9.17) is 14.9 Å². The molecule has 1 rings (SSSR count). The van der Waals surface area contributed by atoms with Crippen LogP contribution in [0.15, 0.2) is 22.7 Å². The second-order valence-electron chi connectivity index (χ2n) is 3.72. The van der Waals surface area contributed by atoms with E-state index in [1.807, 2.05) is 0 Å². The van der Waals surface area contributed by atoms with Crippen molar-refractivity contribution >= 4 is 27.8 Å². The Morgan fingerprint density at radius 3 is 2.68 bits per heavy atom. The van der Waals surface area contributed by atoms with Gasteiger partial charge in [0.25, 0.3) is 5.91 Å². The van der Waals surface area contributed by atoms with Crippen molar-refractivity contribution in [3.63, 3.8) is 0 Å². The summed E-state index contributed by atoms with van der Waals surface area (Å²) in [5.41, 5.74) is 0.267. The molecule has 0 saturated carbocycles. The van der Waals surface area contributed by atoms with Crippen molar-refractivity contribution in [2.24, 2.45) is 0 Å². The van der Waals surface area contributed by atoms with E-state index in [1.165, 1.54) is 13.2 Å². The average molecular weight is 332 g/mol. The fraction of sp³-hybridized carbons (Fsp3) is 0.333. The number of hydrogen-bond acceptors (Lipinski definition) is 4. The number of benzene rings is 1. The molecule has 3 N–H and O–H groups in total. The summed E-state index contributed by atoms with van der Waals surface area (Å²) in [7, 11) is 1.47. The summed E-state index contributed by atoms with van der Waals surface area (Å²) in [5, 5.41) is 20.0. The predicted octanol–water partition coefficient (Wildman–Crippen LogP) is 1.02. The normalized spacial score (nSPS) is 11.7. The van der Waals surface area contributed by atoms with Gasteiger partial charge in [0.1, 0.15) is 11.8 Å². The average Bonchev–Trinajstić information content (AvgIpc) is 2.38. The lowest BCUT2D eigenvalue weighted by Gasteiger charge is -2.14. The monoisotopic (exact) mass is 331 g/mol. The summed E-state index contributed by atoms with van der Waals surface area (Å²) in [4.78, 5) is 22.9. The molecule has 7 heteroatoms. The minimum Gasteiger partial charge on any atom is -0.497 e. The number of rotatable bonds is 6. The first kappa shape index (κ1) is 15.5. The van der Waals surface area contributed by atoms with Gasteiger partial charge in [-0.2, -0.15) is 0 Å². The molecule has 1 atom stereocenters. The Bertz CT molecular complexity index is 477. The second-order valence-corrected chi connectivity index (χ2v) is 4.58. The number of ether oxygens (including phenoxy) is 1. The summed E-state index contributed by atoms with van der Waals surface area (Å²) in [6.07, 6.45) is -0.0529. The smallest absolute Gasteiger partial charge is 0.326 e. The van der Waals surface area contributed by atoms with Crippen LogP contribution in [-0.2, 0) is 4.79 Å². The Balaban J connectivity index is 2.90. The lowest BCUT2D eigenvalue weighted by Crippen LogP contribution is -2.41. The maximum Gasteiger partial charge on any atom is 0.326 e. The quantitative estimate of drug-likeness (QED) is 0.723. The van der Waals surface area contributed by atoms with Crippen LogP contribution in [0.25, 0.3) is 0 Å². The first-order valence-electron chi connectivity index (χ1n) is 5.47. The Morgan fingerprint density at radius 1 is 1.47 bits per heavy atom. The predicted molar refractivity (Wildman–Crippen MR) is 71.3 cm³/mol. The molecule has 0 aliphatic carbocycles. The van der Waals surface area contributed by atoms with Gasteiger partial charge < -0.3 is 20.3 Å². The van der Waals surface area contributed by atoms with Gasteiger partial charge in [-0.3, -0.25) is 4.79 Å². The largest absolute Gasteiger partial charge is 0.497 e. The van der Waals surface area contributed by atoms with Gasteiger partial charge in [0.15, 0.2) is 0 Å². The molecule has 1 aromatic rings. The summed E-state index contributed by atoms with van der Waals surface area (Å²) < 4.78 is 5.53. The number of aliphatic hydroxyl groups excluding tert-OH is 1. The van der Waals surface area contributed by atoms with Gasteiger partial charge in [-0.05, 0) is 34.1 Å². The van der Waals surface area contributed by atoms with Crippen LogP contribution < -0.4 is 10.1 Å². The van der Waals surface area contributed by atoms with Gasteiger partial charge in [0, 0.05) is 17.5 Å². The molecule has 1 aromatic carbocycles. The van der Waals surface area contributed by atoms with E-state index < -0.39 is 17.9 Å². The highest BCUT2D eigenvalue weighted by Crippen LogP contribution is 2.22. The van der Waals surface area contributed by atoms with Gasteiger partial charge in [-0.15, -0.1) is 0 Å². The maximum absolute atomic E-state index is 12.0. The fourth-order valence-corrected chi connectivity index (χ4v) is 1.85. The number of hydrogen-bond donors (Lipinski definition) is 3. The first-order valence-corrected chi connectivity index (χ1v) is 6.27. The molecule has 19 heavy (non-hydrogen) atoms. The fourth-order valence-electron chi connectivity index (χ4n) is 1.43. The molecule has 0 saturated heterocycles. The number of carbonyl (C=O) groups excluding carboxylic acids is 1. The van der Waals surface area contributed by atoms with Crippen LogP contribution >= 0.6 is 15.9 Å². The van der Waals surface area contributed by atoms with Gasteiger partial charge in [0.2, 0.25) is 0 Å². The van der Waals surface area contributed by atoms with E-state index in [0.29, 0.717) is 10.2 Å². The van der Waals surface area contributed by atoms with Crippen LogP contribution in [0.2, 0.25) is 0 Å². The minimum atomic E-state index is -1.19. The Morgan fingerprint density at radius 2 is 2.16 bits per heavy atom. The number of methoxy groups -OCH3 is 1. The lowest BCUT2D eigenvalue weighted by atomic mass is 10.1. The third-order valence-electron chi connectivity index (χ3n) is 2.44. The van der Waals surface area contributed by atoms with Crippen molar-refractivity contribution in [1.82, 2.24) is 5.32 Å². The van der Waals surface area contributed by atoms with E-state index in [2.05, 4.69) is 21.2 Å². The van der Waals surface area contributed by atoms with Gasteiger partial charge in [0.05, 0.1) is 12.7 Å². The van der Waals surface area contributed by atoms with E-state index in [1.54, 1.807) is 12.1 Å². The third kappa shape index (κ3) is 4.22. The van der Waals surface area contributed by atoms with Gasteiger partial charge in [-0.25, -0.2) is 4.79 Å². The number of halogens is 1. The van der Waals surface area contributed by atoms with Crippen LogP contribution in [0.4, 0.5) is 0 Å². The molecule has 6 nitrogen and oxygen atoms in total. The summed E-state index contributed by atoms with van der Waals surface area (Å²) in [5.74, 6) is -1.25. The van der Waals surface area contributed by atoms with Crippen molar-refractivity contribution in [2.75, 3.05) is 13.7 Å². The molecule has 0 fully saturated rings. The van der Waals surface area contributed by atoms with E-state index in [9.17, 15) is 9.59 Å². The van der Waals surface area contributed by atoms with Crippen LogP contribution in [0.3, 0.4) is 0 Å². The minimum absolute atomic E-state index is 0.0529. The highest BCUT2D eigenvalue weighted by atomic mass is 79.9. The number of nitrogens with one attached hydrogen (secondary N) is 1. The zero-order valence-electron chi connectivity index (χ0n) is 10.2. The molecule has 0 unspecified atom stereocenters. The molecule has 0 aromatic heterocycles. The molecule has 0 bridgehead atoms. The lowest BCUT2D eigenvalue weighted by molar-refractivity contribution is -0.139. The van der Waals surface area contributed by atoms with E-state index >= 15 is 0 Å². The zero-order chi connectivity index (χ0) is 14.4. The van der Waals surface area contributed by atoms with Gasteiger partial charge >= 0.3 is 5.97 Å². The molecule has 0 aliphatic rings. The molecular weight excluding hydrogens is 318 g/mol. The Kier molecular flexibility index (Phi) is 5.78. The SMILES string of the molecule is COc1ccc(Br)c(C(=O)N[C@H](CCO)C(=O)O)c1. The number of amides is 1. The van der Waals surface area contributed by atoms with Crippen molar-refractivity contribution in [2.45, 2.75) is 12.5 Å². The van der Waals surface area contributed by atoms with Crippen molar-refractivity contribution in [3.05, 3.63) is 28.2 Å². The molecule has 104 valence electrons. The zero-order valence-corrected chi connectivity index (χ0v) is 11.8. The Hall–Kier alpha value is -1.60. The molecule has 0 heterocycles. The molecule has 0 spiro atoms. The summed E-state index contributed by atoms with van der Waals surface area (Å²) in [6, 6.07) is 3.67. The van der Waals surface area contributed by atoms with Crippen LogP contribution in [0, 0.1) is 0 Å². The van der Waals surface area contributed by atoms with Gasteiger partial charge in [-0.1, -0.05) is 0 Å².